The smallest absolute Gasteiger partial charge is 0.191 e. The molecule has 1 saturated heterocycles. The molecule has 2 heterocycles. The van der Waals surface area contributed by atoms with Gasteiger partial charge in [0, 0.05) is 43.2 Å². The minimum absolute atomic E-state index is 0. The van der Waals surface area contributed by atoms with E-state index in [2.05, 4.69) is 20.5 Å². The number of guanidine groups is 1. The first-order chi connectivity index (χ1) is 14.1. The lowest BCUT2D eigenvalue weighted by Gasteiger charge is -2.39. The van der Waals surface area contributed by atoms with E-state index in [0.717, 1.165) is 47.1 Å². The van der Waals surface area contributed by atoms with Gasteiger partial charge in [0.1, 0.15) is 17.2 Å². The number of fused-ring (bicyclic) bond motifs is 1. The Labute approximate surface area is 195 Å². The Morgan fingerprint density at radius 3 is 2.60 bits per heavy atom. The number of benzene rings is 1. The van der Waals surface area contributed by atoms with Gasteiger partial charge in [0.2, 0.25) is 0 Å². The van der Waals surface area contributed by atoms with Gasteiger partial charge in [-0.25, -0.2) is 4.39 Å². The summed E-state index contributed by atoms with van der Waals surface area (Å²) in [7, 11) is 1.80. The van der Waals surface area contributed by atoms with Crippen LogP contribution in [0.25, 0.3) is 11.0 Å². The molecule has 2 fully saturated rings. The van der Waals surface area contributed by atoms with Gasteiger partial charge in [0.05, 0.1) is 6.54 Å². The van der Waals surface area contributed by atoms with Crippen LogP contribution in [-0.2, 0) is 6.54 Å². The predicted octanol–water partition coefficient (Wildman–Crippen LogP) is 4.96. The zero-order valence-electron chi connectivity index (χ0n) is 18.0. The van der Waals surface area contributed by atoms with Crippen molar-refractivity contribution in [2.24, 2.45) is 4.99 Å². The molecule has 2 aliphatic rings. The summed E-state index contributed by atoms with van der Waals surface area (Å²) >= 11 is 0. The highest BCUT2D eigenvalue weighted by Gasteiger charge is 2.26. The van der Waals surface area contributed by atoms with E-state index in [4.69, 9.17) is 4.42 Å². The molecule has 7 heteroatoms. The number of hydrogen-bond donors (Lipinski definition) is 2. The highest BCUT2D eigenvalue weighted by atomic mass is 127. The summed E-state index contributed by atoms with van der Waals surface area (Å²) in [5, 5.41) is 7.77. The minimum atomic E-state index is -0.238. The molecule has 166 valence electrons. The summed E-state index contributed by atoms with van der Waals surface area (Å²) in [6.45, 7) is 4.85. The van der Waals surface area contributed by atoms with Gasteiger partial charge in [-0.05, 0) is 50.8 Å². The van der Waals surface area contributed by atoms with E-state index in [0.29, 0.717) is 12.6 Å². The van der Waals surface area contributed by atoms with Crippen molar-refractivity contribution in [3.8, 4) is 0 Å². The topological polar surface area (TPSA) is 52.8 Å². The molecule has 5 nitrogen and oxygen atoms in total. The second kappa shape index (κ2) is 10.8. The number of furan rings is 1. The number of aliphatic imine (C=N–C) groups is 1. The summed E-state index contributed by atoms with van der Waals surface area (Å²) in [6, 6.07) is 5.91. The Morgan fingerprint density at radius 2 is 1.90 bits per heavy atom. The molecule has 0 atom stereocenters. The number of aryl methyl sites for hydroxylation is 1. The molecule has 0 unspecified atom stereocenters. The van der Waals surface area contributed by atoms with Crippen molar-refractivity contribution >= 4 is 40.9 Å². The maximum absolute atomic E-state index is 13.5. The van der Waals surface area contributed by atoms with E-state index in [1.165, 1.54) is 57.3 Å². The first-order valence-electron chi connectivity index (χ1n) is 11.0. The number of rotatable bonds is 4. The van der Waals surface area contributed by atoms with Crippen molar-refractivity contribution in [2.75, 3.05) is 20.1 Å². The van der Waals surface area contributed by atoms with E-state index in [1.807, 2.05) is 6.92 Å². The third kappa shape index (κ3) is 5.46. The number of nitrogens with zero attached hydrogens (tertiary/aromatic N) is 2. The molecule has 2 aromatic rings. The largest absolute Gasteiger partial charge is 0.459 e. The monoisotopic (exact) mass is 528 g/mol. The Morgan fingerprint density at radius 1 is 1.17 bits per heavy atom. The van der Waals surface area contributed by atoms with Crippen LogP contribution in [0, 0.1) is 12.7 Å². The maximum atomic E-state index is 13.5. The molecule has 1 aliphatic carbocycles. The fourth-order valence-corrected chi connectivity index (χ4v) is 4.82. The molecule has 0 amide bonds. The number of likely N-dealkylation sites (tertiary alicyclic amines) is 1. The molecule has 1 saturated carbocycles. The Balaban J connectivity index is 0.00000256. The van der Waals surface area contributed by atoms with Crippen molar-refractivity contribution in [2.45, 2.75) is 70.5 Å². The van der Waals surface area contributed by atoms with Gasteiger partial charge in [-0.3, -0.25) is 4.99 Å². The number of piperidine rings is 1. The molecule has 1 aliphatic heterocycles. The third-order valence-electron chi connectivity index (χ3n) is 6.60. The molecule has 1 aromatic carbocycles. The molecule has 30 heavy (non-hydrogen) atoms. The van der Waals surface area contributed by atoms with E-state index < -0.39 is 0 Å². The molecular formula is C23H34FIN4O. The maximum Gasteiger partial charge on any atom is 0.191 e. The zero-order valence-corrected chi connectivity index (χ0v) is 20.4. The molecule has 0 radical (unpaired) electrons. The van der Waals surface area contributed by atoms with Crippen molar-refractivity contribution in [1.82, 2.24) is 15.5 Å². The highest BCUT2D eigenvalue weighted by molar-refractivity contribution is 14.0. The van der Waals surface area contributed by atoms with Crippen molar-refractivity contribution in [3.63, 3.8) is 0 Å². The van der Waals surface area contributed by atoms with E-state index in [9.17, 15) is 4.39 Å². The lowest BCUT2D eigenvalue weighted by molar-refractivity contribution is 0.119. The van der Waals surface area contributed by atoms with Crippen LogP contribution < -0.4 is 10.6 Å². The molecule has 0 spiro atoms. The van der Waals surface area contributed by atoms with Crippen LogP contribution >= 0.6 is 24.0 Å². The lowest BCUT2D eigenvalue weighted by Crippen LogP contribution is -2.50. The van der Waals surface area contributed by atoms with Crippen LogP contribution in [0.3, 0.4) is 0 Å². The fraction of sp³-hybridized carbons (Fsp3) is 0.609. The molecular weight excluding hydrogens is 494 g/mol. The van der Waals surface area contributed by atoms with Gasteiger partial charge in [-0.1, -0.05) is 19.3 Å². The SMILES string of the molecule is CN=C(NCc1oc2ccc(F)cc2c1C)NC1CCN(C2CCCCC2)CC1.I. The Kier molecular flexibility index (Phi) is 8.39. The second-order valence-electron chi connectivity index (χ2n) is 8.46. The van der Waals surface area contributed by atoms with Crippen LogP contribution in [0.4, 0.5) is 4.39 Å². The quantitative estimate of drug-likeness (QED) is 0.335. The first kappa shape index (κ1) is 23.3. The highest BCUT2D eigenvalue weighted by Crippen LogP contribution is 2.26. The summed E-state index contributed by atoms with van der Waals surface area (Å²) in [5.41, 5.74) is 1.70. The number of halogens is 2. The standard InChI is InChI=1S/C23H33FN4O.HI/c1-16-20-14-17(24)8-9-21(20)29-22(16)15-26-23(25-2)27-18-10-12-28(13-11-18)19-6-4-3-5-7-19;/h8-9,14,18-19H,3-7,10-13,15H2,1-2H3,(H2,25,26,27);1H. The third-order valence-corrected chi connectivity index (χ3v) is 6.60. The van der Waals surface area contributed by atoms with Gasteiger partial charge < -0.3 is 20.0 Å². The summed E-state index contributed by atoms with van der Waals surface area (Å²) in [6.07, 6.45) is 9.26. The minimum Gasteiger partial charge on any atom is -0.459 e. The summed E-state index contributed by atoms with van der Waals surface area (Å²) in [5.74, 6) is 1.38. The zero-order chi connectivity index (χ0) is 20.2. The molecule has 2 N–H and O–H groups in total. The van der Waals surface area contributed by atoms with Crippen LogP contribution in [-0.4, -0.2) is 43.1 Å². The van der Waals surface area contributed by atoms with Gasteiger partial charge in [0.15, 0.2) is 5.96 Å². The molecule has 4 rings (SSSR count). The van der Waals surface area contributed by atoms with Gasteiger partial charge in [0.25, 0.3) is 0 Å². The van der Waals surface area contributed by atoms with Crippen molar-refractivity contribution in [1.29, 1.82) is 0 Å². The van der Waals surface area contributed by atoms with Gasteiger partial charge in [-0.15, -0.1) is 24.0 Å². The number of hydrogen-bond acceptors (Lipinski definition) is 3. The predicted molar refractivity (Wildman–Crippen MR) is 131 cm³/mol. The second-order valence-corrected chi connectivity index (χ2v) is 8.46. The van der Waals surface area contributed by atoms with Crippen LogP contribution in [0.15, 0.2) is 27.6 Å². The van der Waals surface area contributed by atoms with E-state index in [-0.39, 0.29) is 29.8 Å². The average Bonchev–Trinajstić information content (AvgIpc) is 3.07. The lowest BCUT2D eigenvalue weighted by atomic mass is 9.92. The van der Waals surface area contributed by atoms with Crippen molar-refractivity contribution < 1.29 is 8.81 Å². The van der Waals surface area contributed by atoms with Crippen molar-refractivity contribution in [3.05, 3.63) is 35.3 Å². The number of nitrogens with one attached hydrogen (secondary N) is 2. The Bertz CT molecular complexity index is 854. The van der Waals surface area contributed by atoms with E-state index >= 15 is 0 Å². The molecule has 0 bridgehead atoms. The van der Waals surface area contributed by atoms with Gasteiger partial charge >= 0.3 is 0 Å². The first-order valence-corrected chi connectivity index (χ1v) is 11.0. The summed E-state index contributed by atoms with van der Waals surface area (Å²) < 4.78 is 19.4. The van der Waals surface area contributed by atoms with Crippen LogP contribution in [0.5, 0.6) is 0 Å². The summed E-state index contributed by atoms with van der Waals surface area (Å²) in [4.78, 5) is 7.08. The van der Waals surface area contributed by atoms with E-state index in [1.54, 1.807) is 13.1 Å². The van der Waals surface area contributed by atoms with Crippen LogP contribution in [0.2, 0.25) is 0 Å². The van der Waals surface area contributed by atoms with Crippen LogP contribution in [0.1, 0.15) is 56.3 Å². The molecule has 1 aromatic heterocycles. The fourth-order valence-electron chi connectivity index (χ4n) is 4.82. The normalized spacial score (nSPS) is 19.6. The van der Waals surface area contributed by atoms with Gasteiger partial charge in [-0.2, -0.15) is 0 Å². The average molecular weight is 528 g/mol. The Hall–Kier alpha value is -1.35.